The number of thioether (sulfide) groups is 1. The number of esters is 1. The molecule has 0 saturated carbocycles. The Balaban J connectivity index is 1.62. The fourth-order valence-electron chi connectivity index (χ4n) is 2.49. The molecule has 2 heterocycles. The largest absolute Gasteiger partial charge is 0.461 e. The minimum atomic E-state index is -3.07. The molecule has 0 aliphatic carbocycles. The summed E-state index contributed by atoms with van der Waals surface area (Å²) in [5.41, 5.74) is 3.10. The molecule has 8 nitrogen and oxygen atoms in total. The summed E-state index contributed by atoms with van der Waals surface area (Å²) in [7, 11) is -3.07. The molecule has 1 saturated heterocycles. The maximum atomic E-state index is 11.9. The lowest BCUT2D eigenvalue weighted by molar-refractivity contribution is -0.144. The van der Waals surface area contributed by atoms with Gasteiger partial charge in [-0.1, -0.05) is 17.8 Å². The molecule has 0 spiro atoms. The number of aryl methyl sites for hydroxylation is 2. The van der Waals surface area contributed by atoms with Gasteiger partial charge in [0.25, 0.3) is 0 Å². The van der Waals surface area contributed by atoms with Gasteiger partial charge in [0.05, 0.1) is 22.9 Å². The molecule has 0 amide bonds. The van der Waals surface area contributed by atoms with E-state index in [4.69, 9.17) is 4.74 Å². The zero-order valence-corrected chi connectivity index (χ0v) is 15.5. The van der Waals surface area contributed by atoms with Crippen LogP contribution in [-0.2, 0) is 19.4 Å². The number of carbonyl (C=O) groups is 1. The highest BCUT2D eigenvalue weighted by atomic mass is 32.2. The highest BCUT2D eigenvalue weighted by Gasteiger charge is 2.30. The van der Waals surface area contributed by atoms with Gasteiger partial charge in [0.2, 0.25) is 5.16 Å². The molecule has 134 valence electrons. The number of sulfone groups is 1. The average molecular weight is 382 g/mol. The standard InChI is InChI=1S/C15H18N4O4S2/c1-10-3-4-12(7-11(10)2)19-15(16-17-18-19)24-8-14(20)23-13-5-6-25(21,22)9-13/h3-4,7,13H,5-6,8-9H2,1-2H3/t13-/m0/s1. The first-order valence-corrected chi connectivity index (χ1v) is 10.5. The number of nitrogens with zero attached hydrogens (tertiary/aromatic N) is 4. The summed E-state index contributed by atoms with van der Waals surface area (Å²) in [6.45, 7) is 4.02. The van der Waals surface area contributed by atoms with E-state index in [9.17, 15) is 13.2 Å². The zero-order valence-electron chi connectivity index (χ0n) is 13.9. The van der Waals surface area contributed by atoms with Crippen molar-refractivity contribution in [2.45, 2.75) is 31.5 Å². The molecule has 3 rings (SSSR count). The molecule has 1 aromatic heterocycles. The Kier molecular flexibility index (Phi) is 5.09. The van der Waals surface area contributed by atoms with Gasteiger partial charge >= 0.3 is 5.97 Å². The van der Waals surface area contributed by atoms with Crippen molar-refractivity contribution >= 4 is 27.6 Å². The molecule has 10 heteroatoms. The van der Waals surface area contributed by atoms with E-state index < -0.39 is 21.9 Å². The summed E-state index contributed by atoms with van der Waals surface area (Å²) < 4.78 is 29.6. The summed E-state index contributed by atoms with van der Waals surface area (Å²) in [5.74, 6) is -0.476. The lowest BCUT2D eigenvalue weighted by atomic mass is 10.1. The number of aromatic nitrogens is 4. The van der Waals surface area contributed by atoms with Crippen LogP contribution in [0.2, 0.25) is 0 Å². The summed E-state index contributed by atoms with van der Waals surface area (Å²) >= 11 is 1.15. The predicted octanol–water partition coefficient (Wildman–Crippen LogP) is 1.10. The molecular weight excluding hydrogens is 364 g/mol. The Morgan fingerprint density at radius 2 is 2.16 bits per heavy atom. The Morgan fingerprint density at radius 3 is 2.84 bits per heavy atom. The van der Waals surface area contributed by atoms with E-state index in [1.165, 1.54) is 5.56 Å². The second-order valence-corrected chi connectivity index (χ2v) is 9.12. The zero-order chi connectivity index (χ0) is 18.0. The number of ether oxygens (including phenoxy) is 1. The summed E-state index contributed by atoms with van der Waals surface area (Å²) in [4.78, 5) is 11.9. The number of benzene rings is 1. The van der Waals surface area contributed by atoms with E-state index in [1.54, 1.807) is 4.68 Å². The molecule has 1 atom stereocenters. The summed E-state index contributed by atoms with van der Waals surface area (Å²) in [6, 6.07) is 5.86. The topological polar surface area (TPSA) is 104 Å². The molecular formula is C15H18N4O4S2. The Hall–Kier alpha value is -1.94. The van der Waals surface area contributed by atoms with Crippen molar-refractivity contribution in [1.82, 2.24) is 20.2 Å². The van der Waals surface area contributed by atoms with Crippen molar-refractivity contribution in [3.05, 3.63) is 29.3 Å². The van der Waals surface area contributed by atoms with Crippen molar-refractivity contribution in [3.8, 4) is 5.69 Å². The Bertz CT molecular complexity index is 895. The van der Waals surface area contributed by atoms with Crippen molar-refractivity contribution in [2.75, 3.05) is 17.3 Å². The van der Waals surface area contributed by atoms with Crippen LogP contribution in [0.3, 0.4) is 0 Å². The van der Waals surface area contributed by atoms with Crippen LogP contribution in [0.25, 0.3) is 5.69 Å². The lowest BCUT2D eigenvalue weighted by Gasteiger charge is -2.10. The maximum Gasteiger partial charge on any atom is 0.316 e. The third-order valence-corrected chi connectivity index (χ3v) is 6.61. The molecule has 1 aliphatic rings. The van der Waals surface area contributed by atoms with Crippen molar-refractivity contribution in [2.24, 2.45) is 0 Å². The molecule has 0 radical (unpaired) electrons. The Morgan fingerprint density at radius 1 is 1.36 bits per heavy atom. The van der Waals surface area contributed by atoms with Gasteiger partial charge in [-0.15, -0.1) is 5.10 Å². The van der Waals surface area contributed by atoms with E-state index in [0.717, 1.165) is 23.0 Å². The van der Waals surface area contributed by atoms with Crippen LogP contribution in [0.15, 0.2) is 23.4 Å². The molecule has 0 N–H and O–H groups in total. The minimum Gasteiger partial charge on any atom is -0.461 e. The first-order chi connectivity index (χ1) is 11.8. The van der Waals surface area contributed by atoms with Crippen LogP contribution in [0, 0.1) is 13.8 Å². The van der Waals surface area contributed by atoms with Crippen molar-refractivity contribution in [1.29, 1.82) is 0 Å². The van der Waals surface area contributed by atoms with Gasteiger partial charge in [-0.2, -0.15) is 4.68 Å². The third-order valence-electron chi connectivity index (χ3n) is 3.98. The lowest BCUT2D eigenvalue weighted by Crippen LogP contribution is -2.20. The Labute approximate surface area is 149 Å². The molecule has 25 heavy (non-hydrogen) atoms. The maximum absolute atomic E-state index is 11.9. The van der Waals surface area contributed by atoms with E-state index in [2.05, 4.69) is 15.5 Å². The number of tetrazole rings is 1. The smallest absolute Gasteiger partial charge is 0.316 e. The van der Waals surface area contributed by atoms with Gasteiger partial charge in [0, 0.05) is 0 Å². The SMILES string of the molecule is Cc1ccc(-n2nnnc2SCC(=O)O[C@H]2CCS(=O)(=O)C2)cc1C. The molecule has 0 unspecified atom stereocenters. The van der Waals surface area contributed by atoms with Crippen LogP contribution in [0.1, 0.15) is 17.5 Å². The van der Waals surface area contributed by atoms with E-state index in [-0.39, 0.29) is 17.3 Å². The molecule has 1 fully saturated rings. The molecule has 2 aromatic rings. The highest BCUT2D eigenvalue weighted by molar-refractivity contribution is 7.99. The van der Waals surface area contributed by atoms with Gasteiger partial charge in [-0.05, 0) is 54.0 Å². The van der Waals surface area contributed by atoms with E-state index in [0.29, 0.717) is 11.6 Å². The normalized spacial score (nSPS) is 19.0. The summed E-state index contributed by atoms with van der Waals surface area (Å²) in [6.07, 6.45) is -0.187. The fraction of sp³-hybridized carbons (Fsp3) is 0.467. The number of rotatable bonds is 5. The monoisotopic (exact) mass is 382 g/mol. The van der Waals surface area contributed by atoms with Crippen LogP contribution in [0.4, 0.5) is 0 Å². The quantitative estimate of drug-likeness (QED) is 0.559. The average Bonchev–Trinajstić information content (AvgIpc) is 3.14. The van der Waals surface area contributed by atoms with Crippen LogP contribution in [0.5, 0.6) is 0 Å². The second-order valence-electron chi connectivity index (χ2n) is 5.95. The van der Waals surface area contributed by atoms with Crippen LogP contribution in [-0.4, -0.2) is 58.0 Å². The minimum absolute atomic E-state index is 0.0156. The fourth-order valence-corrected chi connectivity index (χ4v) is 4.75. The van der Waals surface area contributed by atoms with Gasteiger partial charge < -0.3 is 4.74 Å². The highest BCUT2D eigenvalue weighted by Crippen LogP contribution is 2.21. The van der Waals surface area contributed by atoms with E-state index in [1.807, 2.05) is 32.0 Å². The van der Waals surface area contributed by atoms with Gasteiger partial charge in [0.15, 0.2) is 9.84 Å². The van der Waals surface area contributed by atoms with Crippen molar-refractivity contribution in [3.63, 3.8) is 0 Å². The van der Waals surface area contributed by atoms with Crippen LogP contribution >= 0.6 is 11.8 Å². The number of hydrogen-bond acceptors (Lipinski definition) is 8. The van der Waals surface area contributed by atoms with Gasteiger partial charge in [-0.25, -0.2) is 8.42 Å². The van der Waals surface area contributed by atoms with Gasteiger partial charge in [0.1, 0.15) is 6.10 Å². The first-order valence-electron chi connectivity index (χ1n) is 7.73. The summed E-state index contributed by atoms with van der Waals surface area (Å²) in [5, 5.41) is 12.0. The first kappa shape index (κ1) is 17.9. The van der Waals surface area contributed by atoms with Crippen LogP contribution < -0.4 is 0 Å². The predicted molar refractivity (Wildman–Crippen MR) is 92.5 cm³/mol. The molecule has 1 aromatic carbocycles. The molecule has 1 aliphatic heterocycles. The second kappa shape index (κ2) is 7.12. The van der Waals surface area contributed by atoms with Crippen molar-refractivity contribution < 1.29 is 17.9 Å². The number of hydrogen-bond donors (Lipinski definition) is 0. The number of carbonyl (C=O) groups excluding carboxylic acids is 1. The third kappa shape index (κ3) is 4.37. The van der Waals surface area contributed by atoms with Gasteiger partial charge in [-0.3, -0.25) is 4.79 Å². The molecule has 0 bridgehead atoms. The van der Waals surface area contributed by atoms with E-state index >= 15 is 0 Å².